The lowest BCUT2D eigenvalue weighted by atomic mass is 10.2. The molecule has 1 aromatic rings. The predicted molar refractivity (Wildman–Crippen MR) is 52.1 cm³/mol. The molecule has 0 aromatic heterocycles. The Kier molecular flexibility index (Phi) is 3.68. The Balaban J connectivity index is 2.68. The van der Waals surface area contributed by atoms with Crippen LogP contribution in [0.5, 0.6) is 0 Å². The van der Waals surface area contributed by atoms with E-state index in [1.54, 1.807) is 6.26 Å². The summed E-state index contributed by atoms with van der Waals surface area (Å²) in [6.07, 6.45) is 3.51. The van der Waals surface area contributed by atoms with Crippen LogP contribution in [-0.4, -0.2) is 6.61 Å². The van der Waals surface area contributed by atoms with Crippen LogP contribution in [-0.2, 0) is 4.74 Å². The van der Waals surface area contributed by atoms with Crippen LogP contribution >= 0.6 is 11.6 Å². The Morgan fingerprint density at radius 3 is 2.83 bits per heavy atom. The zero-order valence-corrected chi connectivity index (χ0v) is 7.71. The van der Waals surface area contributed by atoms with Crippen LogP contribution in [0.2, 0.25) is 5.02 Å². The minimum absolute atomic E-state index is 0.682. The highest BCUT2D eigenvalue weighted by molar-refractivity contribution is 6.32. The number of halogens is 1. The Morgan fingerprint density at radius 2 is 2.17 bits per heavy atom. The molecule has 0 fully saturated rings. The predicted octanol–water partition coefficient (Wildman–Crippen LogP) is 3.35. The third-order valence-electron chi connectivity index (χ3n) is 1.42. The monoisotopic (exact) mass is 182 g/mol. The van der Waals surface area contributed by atoms with Gasteiger partial charge in [0.15, 0.2) is 0 Å². The van der Waals surface area contributed by atoms with Gasteiger partial charge in [-0.1, -0.05) is 29.8 Å². The second kappa shape index (κ2) is 4.83. The van der Waals surface area contributed by atoms with Gasteiger partial charge >= 0.3 is 0 Å². The van der Waals surface area contributed by atoms with Crippen LogP contribution in [0.3, 0.4) is 0 Å². The molecule has 0 atom stereocenters. The van der Waals surface area contributed by atoms with E-state index in [1.807, 2.05) is 37.3 Å². The van der Waals surface area contributed by atoms with Crippen LogP contribution in [0.25, 0.3) is 6.08 Å². The molecule has 0 unspecified atom stereocenters. The molecule has 2 heteroatoms. The zero-order chi connectivity index (χ0) is 8.81. The molecule has 0 spiro atoms. The van der Waals surface area contributed by atoms with E-state index in [9.17, 15) is 0 Å². The van der Waals surface area contributed by atoms with Crippen molar-refractivity contribution in [2.24, 2.45) is 0 Å². The molecular formula is C10H11ClO. The van der Waals surface area contributed by atoms with Crippen molar-refractivity contribution >= 4 is 17.7 Å². The Bertz CT molecular complexity index is 268. The molecule has 1 aromatic carbocycles. The van der Waals surface area contributed by atoms with Gasteiger partial charge in [0.1, 0.15) is 0 Å². The van der Waals surface area contributed by atoms with Crippen LogP contribution < -0.4 is 0 Å². The summed E-state index contributed by atoms with van der Waals surface area (Å²) in [7, 11) is 0. The average Bonchev–Trinajstić information content (AvgIpc) is 2.09. The van der Waals surface area contributed by atoms with E-state index in [1.165, 1.54) is 0 Å². The minimum atomic E-state index is 0.682. The summed E-state index contributed by atoms with van der Waals surface area (Å²) in [4.78, 5) is 0. The van der Waals surface area contributed by atoms with Gasteiger partial charge in [0.2, 0.25) is 0 Å². The topological polar surface area (TPSA) is 9.23 Å². The number of rotatable bonds is 3. The highest BCUT2D eigenvalue weighted by Crippen LogP contribution is 2.15. The molecule has 0 saturated heterocycles. The van der Waals surface area contributed by atoms with Gasteiger partial charge in [-0.3, -0.25) is 0 Å². The maximum Gasteiger partial charge on any atom is 0.0845 e. The summed E-state index contributed by atoms with van der Waals surface area (Å²) >= 11 is 5.90. The van der Waals surface area contributed by atoms with Crippen LogP contribution in [0, 0.1) is 0 Å². The van der Waals surface area contributed by atoms with E-state index in [-0.39, 0.29) is 0 Å². The fourth-order valence-corrected chi connectivity index (χ4v) is 1.03. The normalized spacial score (nSPS) is 10.5. The average molecular weight is 183 g/mol. The number of ether oxygens (including phenoxy) is 1. The SMILES string of the molecule is CCOC=Cc1ccccc1Cl. The highest BCUT2D eigenvalue weighted by Gasteiger charge is 1.91. The summed E-state index contributed by atoms with van der Waals surface area (Å²) < 4.78 is 5.05. The lowest BCUT2D eigenvalue weighted by Gasteiger charge is -1.96. The molecular weight excluding hydrogens is 172 g/mol. The molecule has 1 nitrogen and oxygen atoms in total. The van der Waals surface area contributed by atoms with Crippen molar-refractivity contribution in [2.75, 3.05) is 6.61 Å². The van der Waals surface area contributed by atoms with Crippen molar-refractivity contribution in [3.05, 3.63) is 41.1 Å². The van der Waals surface area contributed by atoms with E-state index in [2.05, 4.69) is 0 Å². The van der Waals surface area contributed by atoms with Gasteiger partial charge in [-0.15, -0.1) is 0 Å². The van der Waals surface area contributed by atoms with Crippen molar-refractivity contribution < 1.29 is 4.74 Å². The molecule has 0 N–H and O–H groups in total. The van der Waals surface area contributed by atoms with Gasteiger partial charge in [0.25, 0.3) is 0 Å². The first-order valence-electron chi connectivity index (χ1n) is 3.87. The van der Waals surface area contributed by atoms with E-state index >= 15 is 0 Å². The van der Waals surface area contributed by atoms with Crippen molar-refractivity contribution in [1.29, 1.82) is 0 Å². The van der Waals surface area contributed by atoms with E-state index in [0.717, 1.165) is 10.6 Å². The largest absolute Gasteiger partial charge is 0.501 e. The number of hydrogen-bond acceptors (Lipinski definition) is 1. The molecule has 0 heterocycles. The second-order valence-electron chi connectivity index (χ2n) is 2.28. The van der Waals surface area contributed by atoms with E-state index in [4.69, 9.17) is 16.3 Å². The molecule has 0 amide bonds. The maximum absolute atomic E-state index is 5.90. The van der Waals surface area contributed by atoms with Gasteiger partial charge < -0.3 is 4.74 Å². The van der Waals surface area contributed by atoms with Crippen molar-refractivity contribution in [1.82, 2.24) is 0 Å². The van der Waals surface area contributed by atoms with Gasteiger partial charge in [-0.2, -0.15) is 0 Å². The van der Waals surface area contributed by atoms with Crippen molar-refractivity contribution in [2.45, 2.75) is 6.92 Å². The maximum atomic E-state index is 5.90. The van der Waals surface area contributed by atoms with Gasteiger partial charge in [0, 0.05) is 5.02 Å². The minimum Gasteiger partial charge on any atom is -0.501 e. The Labute approximate surface area is 77.6 Å². The lowest BCUT2D eigenvalue weighted by Crippen LogP contribution is -1.77. The fourth-order valence-electron chi connectivity index (χ4n) is 0.828. The van der Waals surface area contributed by atoms with Crippen molar-refractivity contribution in [3.8, 4) is 0 Å². The summed E-state index contributed by atoms with van der Waals surface area (Å²) in [6, 6.07) is 7.64. The molecule has 0 aliphatic heterocycles. The van der Waals surface area contributed by atoms with E-state index < -0.39 is 0 Å². The Hall–Kier alpha value is -0.950. The Morgan fingerprint density at radius 1 is 1.42 bits per heavy atom. The number of benzene rings is 1. The summed E-state index contributed by atoms with van der Waals surface area (Å²) in [6.45, 7) is 2.62. The smallest absolute Gasteiger partial charge is 0.0845 e. The summed E-state index contributed by atoms with van der Waals surface area (Å²) in [5.74, 6) is 0. The first kappa shape index (κ1) is 9.14. The lowest BCUT2D eigenvalue weighted by molar-refractivity contribution is 0.272. The second-order valence-corrected chi connectivity index (χ2v) is 2.69. The third kappa shape index (κ3) is 2.59. The quantitative estimate of drug-likeness (QED) is 0.652. The summed E-state index contributed by atoms with van der Waals surface area (Å²) in [5, 5.41) is 0.744. The highest BCUT2D eigenvalue weighted by atomic mass is 35.5. The number of hydrogen-bond donors (Lipinski definition) is 0. The molecule has 0 aliphatic carbocycles. The van der Waals surface area contributed by atoms with Crippen LogP contribution in [0.4, 0.5) is 0 Å². The fraction of sp³-hybridized carbons (Fsp3) is 0.200. The van der Waals surface area contributed by atoms with Crippen LogP contribution in [0.15, 0.2) is 30.5 Å². The molecule has 0 saturated carbocycles. The molecule has 64 valence electrons. The summed E-state index contributed by atoms with van der Waals surface area (Å²) in [5.41, 5.74) is 0.979. The zero-order valence-electron chi connectivity index (χ0n) is 6.96. The van der Waals surface area contributed by atoms with Crippen LogP contribution in [0.1, 0.15) is 12.5 Å². The molecule has 12 heavy (non-hydrogen) atoms. The van der Waals surface area contributed by atoms with Gasteiger partial charge in [0.05, 0.1) is 12.9 Å². The molecule has 1 rings (SSSR count). The first-order valence-corrected chi connectivity index (χ1v) is 4.25. The van der Waals surface area contributed by atoms with E-state index in [0.29, 0.717) is 6.61 Å². The molecule has 0 bridgehead atoms. The van der Waals surface area contributed by atoms with Gasteiger partial charge in [-0.25, -0.2) is 0 Å². The molecule has 0 aliphatic rings. The van der Waals surface area contributed by atoms with Gasteiger partial charge in [-0.05, 0) is 24.6 Å². The van der Waals surface area contributed by atoms with Crippen molar-refractivity contribution in [3.63, 3.8) is 0 Å². The third-order valence-corrected chi connectivity index (χ3v) is 1.76. The first-order chi connectivity index (χ1) is 5.84. The molecule has 0 radical (unpaired) electrons. The standard InChI is InChI=1S/C10H11ClO/c1-2-12-8-7-9-5-3-4-6-10(9)11/h3-8H,2H2,1H3.